The van der Waals surface area contributed by atoms with E-state index in [-0.39, 0.29) is 11.6 Å². The topological polar surface area (TPSA) is 73.2 Å². The summed E-state index contributed by atoms with van der Waals surface area (Å²) in [5.41, 5.74) is 0.316. The largest absolute Gasteiger partial charge is 0.427 e. The normalized spacial score (nSPS) is 10.2. The van der Waals surface area contributed by atoms with Crippen molar-refractivity contribution in [2.45, 2.75) is 13.6 Å². The number of ether oxygens (including phenoxy) is 1. The molecule has 1 amide bonds. The van der Waals surface area contributed by atoms with Crippen LogP contribution in [-0.2, 0) is 18.5 Å². The number of nitrogens with one attached hydrogen (secondary N) is 1. The van der Waals surface area contributed by atoms with Crippen molar-refractivity contribution in [2.75, 3.05) is 5.32 Å². The van der Waals surface area contributed by atoms with Crippen molar-refractivity contribution < 1.29 is 18.7 Å². The Bertz CT molecular complexity index is 682. The first-order valence-corrected chi connectivity index (χ1v) is 6.17. The van der Waals surface area contributed by atoms with Crippen molar-refractivity contribution in [3.05, 3.63) is 41.9 Å². The maximum absolute atomic E-state index is 12.6. The lowest BCUT2D eigenvalue weighted by Gasteiger charge is -2.08. The van der Waals surface area contributed by atoms with Crippen molar-refractivity contribution in [3.63, 3.8) is 0 Å². The molecule has 0 bridgehead atoms. The van der Waals surface area contributed by atoms with Gasteiger partial charge in [-0.2, -0.15) is 0 Å². The average molecular weight is 291 g/mol. The molecule has 0 spiro atoms. The molecule has 1 aromatic heterocycles. The van der Waals surface area contributed by atoms with Gasteiger partial charge >= 0.3 is 5.97 Å². The van der Waals surface area contributed by atoms with E-state index in [0.29, 0.717) is 11.4 Å². The third-order valence-electron chi connectivity index (χ3n) is 2.80. The van der Waals surface area contributed by atoms with E-state index in [0.717, 1.165) is 0 Å². The van der Waals surface area contributed by atoms with Crippen molar-refractivity contribution in [1.29, 1.82) is 0 Å². The van der Waals surface area contributed by atoms with Crippen molar-refractivity contribution in [3.8, 4) is 5.75 Å². The van der Waals surface area contributed by atoms with Gasteiger partial charge in [0.25, 0.3) is 5.91 Å². The summed E-state index contributed by atoms with van der Waals surface area (Å²) in [7, 11) is 1.60. The van der Waals surface area contributed by atoms with E-state index in [1.165, 1.54) is 23.8 Å². The standard InChI is InChI=1S/C14H14FN3O3/c1-9(19)21-11-5-3-4-10(6-11)14(20)17-13-8-16-12(7-15)18(13)2/h3-6,8H,7H2,1-2H3,(H,17,20). The molecule has 0 fully saturated rings. The van der Waals surface area contributed by atoms with E-state index >= 15 is 0 Å². The average Bonchev–Trinajstić information content (AvgIpc) is 2.79. The van der Waals surface area contributed by atoms with Crippen molar-refractivity contribution in [2.24, 2.45) is 7.05 Å². The van der Waals surface area contributed by atoms with E-state index in [2.05, 4.69) is 10.3 Å². The fraction of sp³-hybridized carbons (Fsp3) is 0.214. The number of amides is 1. The molecule has 0 unspecified atom stereocenters. The van der Waals surface area contributed by atoms with Gasteiger partial charge in [0.15, 0.2) is 0 Å². The number of carbonyl (C=O) groups excluding carboxylic acids is 2. The number of hydrogen-bond acceptors (Lipinski definition) is 4. The summed E-state index contributed by atoms with van der Waals surface area (Å²) in [6.45, 7) is 0.565. The van der Waals surface area contributed by atoms with Gasteiger partial charge in [-0.25, -0.2) is 9.37 Å². The first-order valence-electron chi connectivity index (χ1n) is 6.17. The Morgan fingerprint density at radius 1 is 1.43 bits per heavy atom. The number of anilines is 1. The van der Waals surface area contributed by atoms with Crippen LogP contribution in [0.25, 0.3) is 0 Å². The highest BCUT2D eigenvalue weighted by molar-refractivity contribution is 6.04. The first-order chi connectivity index (χ1) is 10.0. The second kappa shape index (κ2) is 6.17. The minimum Gasteiger partial charge on any atom is -0.427 e. The number of nitrogens with zero attached hydrogens (tertiary/aromatic N) is 2. The summed E-state index contributed by atoms with van der Waals surface area (Å²) in [5.74, 6) is 0.0123. The lowest BCUT2D eigenvalue weighted by molar-refractivity contribution is -0.131. The molecule has 1 N–H and O–H groups in total. The predicted molar refractivity (Wildman–Crippen MR) is 73.7 cm³/mol. The second-order valence-electron chi connectivity index (χ2n) is 4.33. The summed E-state index contributed by atoms with van der Waals surface area (Å²) in [6, 6.07) is 6.20. The number of halogens is 1. The third kappa shape index (κ3) is 3.44. The fourth-order valence-corrected chi connectivity index (χ4v) is 1.74. The molecule has 110 valence electrons. The molecule has 1 heterocycles. The predicted octanol–water partition coefficient (Wildman–Crippen LogP) is 2.07. The highest BCUT2D eigenvalue weighted by Crippen LogP contribution is 2.16. The molecule has 21 heavy (non-hydrogen) atoms. The Morgan fingerprint density at radius 2 is 2.19 bits per heavy atom. The fourth-order valence-electron chi connectivity index (χ4n) is 1.74. The number of benzene rings is 1. The number of carbonyl (C=O) groups is 2. The summed E-state index contributed by atoms with van der Waals surface area (Å²) in [6.07, 6.45) is 1.38. The van der Waals surface area contributed by atoms with Gasteiger partial charge in [0.05, 0.1) is 6.20 Å². The maximum atomic E-state index is 12.6. The van der Waals surface area contributed by atoms with Crippen LogP contribution in [0.2, 0.25) is 0 Å². The molecule has 0 aliphatic carbocycles. The SMILES string of the molecule is CC(=O)Oc1cccc(C(=O)Nc2cnc(CF)n2C)c1. The molecule has 0 aliphatic rings. The molecule has 0 saturated heterocycles. The molecule has 0 radical (unpaired) electrons. The number of alkyl halides is 1. The Labute approximate surface area is 120 Å². The summed E-state index contributed by atoms with van der Waals surface area (Å²) in [5, 5.41) is 2.62. The van der Waals surface area contributed by atoms with Gasteiger partial charge in [-0.15, -0.1) is 0 Å². The molecule has 0 atom stereocenters. The molecule has 1 aromatic carbocycles. The van der Waals surface area contributed by atoms with Crippen LogP contribution < -0.4 is 10.1 Å². The Hall–Kier alpha value is -2.70. The van der Waals surface area contributed by atoms with Gasteiger partial charge in [0.2, 0.25) is 0 Å². The number of rotatable bonds is 4. The van der Waals surface area contributed by atoms with Crippen LogP contribution in [0.4, 0.5) is 10.2 Å². The lowest BCUT2D eigenvalue weighted by Crippen LogP contribution is -2.15. The van der Waals surface area contributed by atoms with Gasteiger partial charge in [-0.1, -0.05) is 6.07 Å². The Morgan fingerprint density at radius 3 is 2.81 bits per heavy atom. The van der Waals surface area contributed by atoms with Crippen LogP contribution in [0.15, 0.2) is 30.5 Å². The van der Waals surface area contributed by atoms with E-state index < -0.39 is 18.6 Å². The van der Waals surface area contributed by atoms with Gasteiger partial charge < -0.3 is 14.6 Å². The van der Waals surface area contributed by atoms with E-state index in [1.807, 2.05) is 0 Å². The molecule has 0 saturated carbocycles. The zero-order valence-electron chi connectivity index (χ0n) is 11.6. The Kier molecular flexibility index (Phi) is 4.32. The molecule has 7 heteroatoms. The van der Waals surface area contributed by atoms with Gasteiger partial charge in [0.1, 0.15) is 24.1 Å². The van der Waals surface area contributed by atoms with Gasteiger partial charge in [-0.3, -0.25) is 9.59 Å². The van der Waals surface area contributed by atoms with Crippen LogP contribution in [0.3, 0.4) is 0 Å². The molecule has 0 aliphatic heterocycles. The molecule has 6 nitrogen and oxygen atoms in total. The second-order valence-corrected chi connectivity index (χ2v) is 4.33. The summed E-state index contributed by atoms with van der Waals surface area (Å²) in [4.78, 5) is 26.9. The number of aromatic nitrogens is 2. The van der Waals surface area contributed by atoms with E-state index in [4.69, 9.17) is 4.74 Å². The zero-order valence-corrected chi connectivity index (χ0v) is 11.6. The number of imidazole rings is 1. The molecular formula is C14H14FN3O3. The lowest BCUT2D eigenvalue weighted by atomic mass is 10.2. The Balaban J connectivity index is 2.16. The number of esters is 1. The van der Waals surface area contributed by atoms with E-state index in [1.54, 1.807) is 25.2 Å². The maximum Gasteiger partial charge on any atom is 0.308 e. The highest BCUT2D eigenvalue weighted by atomic mass is 19.1. The van der Waals surface area contributed by atoms with Crippen molar-refractivity contribution in [1.82, 2.24) is 9.55 Å². The molecule has 2 rings (SSSR count). The monoisotopic (exact) mass is 291 g/mol. The smallest absolute Gasteiger partial charge is 0.308 e. The zero-order chi connectivity index (χ0) is 15.4. The van der Waals surface area contributed by atoms with Crippen LogP contribution in [0.1, 0.15) is 23.1 Å². The summed E-state index contributed by atoms with van der Waals surface area (Å²) >= 11 is 0. The van der Waals surface area contributed by atoms with Crippen LogP contribution >= 0.6 is 0 Å². The van der Waals surface area contributed by atoms with Gasteiger partial charge in [-0.05, 0) is 18.2 Å². The van der Waals surface area contributed by atoms with E-state index in [9.17, 15) is 14.0 Å². The molecule has 2 aromatic rings. The van der Waals surface area contributed by atoms with Crippen molar-refractivity contribution >= 4 is 17.7 Å². The van der Waals surface area contributed by atoms with Gasteiger partial charge in [0, 0.05) is 19.5 Å². The number of hydrogen-bond donors (Lipinski definition) is 1. The van der Waals surface area contributed by atoms with Crippen LogP contribution in [0, 0.1) is 0 Å². The third-order valence-corrected chi connectivity index (χ3v) is 2.80. The first kappa shape index (κ1) is 14.7. The summed E-state index contributed by atoms with van der Waals surface area (Å²) < 4.78 is 19.0. The molecular weight excluding hydrogens is 277 g/mol. The quantitative estimate of drug-likeness (QED) is 0.691. The minimum absolute atomic E-state index is 0.221. The highest BCUT2D eigenvalue weighted by Gasteiger charge is 2.12. The van der Waals surface area contributed by atoms with Crippen LogP contribution in [0.5, 0.6) is 5.75 Å². The van der Waals surface area contributed by atoms with Crippen LogP contribution in [-0.4, -0.2) is 21.4 Å². The minimum atomic E-state index is -0.714.